The second kappa shape index (κ2) is 4.30. The molecule has 0 atom stereocenters. The summed E-state index contributed by atoms with van der Waals surface area (Å²) in [6, 6.07) is 3.21. The molecule has 3 N–H and O–H groups in total. The Bertz CT molecular complexity index is 366. The van der Waals surface area contributed by atoms with Crippen LogP contribution in [0.4, 0.5) is 0 Å². The lowest BCUT2D eigenvalue weighted by Crippen LogP contribution is -2.30. The fourth-order valence-corrected chi connectivity index (χ4v) is 1.24. The van der Waals surface area contributed by atoms with Crippen molar-refractivity contribution in [1.82, 2.24) is 5.43 Å². The molecule has 1 aromatic carbocycles. The Morgan fingerprint density at radius 3 is 2.71 bits per heavy atom. The first-order chi connectivity index (χ1) is 6.60. The second-order valence-electron chi connectivity index (χ2n) is 2.78. The van der Waals surface area contributed by atoms with Crippen LogP contribution in [0.2, 0.25) is 5.02 Å². The number of amides is 1. The predicted octanol–water partition coefficient (Wildman–Crippen LogP) is 1.26. The van der Waals surface area contributed by atoms with Gasteiger partial charge in [-0.1, -0.05) is 11.6 Å². The van der Waals surface area contributed by atoms with Gasteiger partial charge >= 0.3 is 0 Å². The zero-order valence-electron chi connectivity index (χ0n) is 7.93. The maximum absolute atomic E-state index is 11.3. The number of hydrazine groups is 1. The second-order valence-corrected chi connectivity index (χ2v) is 3.18. The number of carbonyl (C=O) groups is 1. The number of nitrogens with two attached hydrogens (primary N) is 1. The highest BCUT2D eigenvalue weighted by Crippen LogP contribution is 2.26. The molecule has 0 aromatic heterocycles. The van der Waals surface area contributed by atoms with Crippen LogP contribution < -0.4 is 16.0 Å². The molecule has 0 saturated carbocycles. The van der Waals surface area contributed by atoms with Crippen molar-refractivity contribution in [2.75, 3.05) is 7.11 Å². The molecule has 0 spiro atoms. The molecule has 0 saturated heterocycles. The van der Waals surface area contributed by atoms with E-state index in [1.54, 1.807) is 6.07 Å². The molecule has 0 aliphatic carbocycles. The molecular weight excluding hydrogens is 204 g/mol. The number of rotatable bonds is 2. The summed E-state index contributed by atoms with van der Waals surface area (Å²) in [4.78, 5) is 11.3. The van der Waals surface area contributed by atoms with Gasteiger partial charge in [-0.05, 0) is 24.6 Å². The first-order valence-corrected chi connectivity index (χ1v) is 4.33. The minimum absolute atomic E-state index is 0.325. The highest BCUT2D eigenvalue weighted by atomic mass is 35.5. The van der Waals surface area contributed by atoms with Crippen molar-refractivity contribution in [2.45, 2.75) is 6.92 Å². The SMILES string of the molecule is COc1cc(C)c(Cl)cc1C(=O)NN. The molecule has 1 amide bonds. The number of aryl methyl sites for hydroxylation is 1. The Labute approximate surface area is 87.0 Å². The van der Waals surface area contributed by atoms with Gasteiger partial charge < -0.3 is 4.74 Å². The maximum Gasteiger partial charge on any atom is 0.268 e. The minimum atomic E-state index is -0.427. The first-order valence-electron chi connectivity index (χ1n) is 3.95. The molecule has 0 aliphatic heterocycles. The molecule has 5 heteroatoms. The molecule has 0 fully saturated rings. The average Bonchev–Trinajstić information content (AvgIpc) is 2.20. The molecule has 1 rings (SSSR count). The van der Waals surface area contributed by atoms with Crippen LogP contribution in [-0.2, 0) is 0 Å². The third kappa shape index (κ3) is 1.97. The van der Waals surface area contributed by atoms with Crippen LogP contribution in [0.5, 0.6) is 5.75 Å². The normalized spacial score (nSPS) is 9.71. The van der Waals surface area contributed by atoms with Gasteiger partial charge in [0.15, 0.2) is 0 Å². The highest BCUT2D eigenvalue weighted by Gasteiger charge is 2.12. The van der Waals surface area contributed by atoms with E-state index in [4.69, 9.17) is 22.2 Å². The van der Waals surface area contributed by atoms with E-state index in [1.807, 2.05) is 12.3 Å². The van der Waals surface area contributed by atoms with Gasteiger partial charge in [-0.3, -0.25) is 10.2 Å². The van der Waals surface area contributed by atoms with Gasteiger partial charge in [-0.25, -0.2) is 5.84 Å². The van der Waals surface area contributed by atoms with E-state index in [0.717, 1.165) is 5.56 Å². The Kier molecular flexibility index (Phi) is 3.33. The quantitative estimate of drug-likeness (QED) is 0.443. The van der Waals surface area contributed by atoms with E-state index in [2.05, 4.69) is 0 Å². The Balaban J connectivity index is 3.27. The molecule has 76 valence electrons. The van der Waals surface area contributed by atoms with Gasteiger partial charge in [0.1, 0.15) is 5.75 Å². The molecule has 0 radical (unpaired) electrons. The first kappa shape index (κ1) is 10.8. The number of benzene rings is 1. The molecular formula is C9H11ClN2O2. The number of carbonyl (C=O) groups excluding carboxylic acids is 1. The van der Waals surface area contributed by atoms with Crippen LogP contribution in [0.3, 0.4) is 0 Å². The van der Waals surface area contributed by atoms with E-state index < -0.39 is 5.91 Å². The van der Waals surface area contributed by atoms with Gasteiger partial charge in [0.2, 0.25) is 0 Å². The van der Waals surface area contributed by atoms with Gasteiger partial charge in [0.05, 0.1) is 12.7 Å². The van der Waals surface area contributed by atoms with Crippen molar-refractivity contribution in [3.05, 3.63) is 28.3 Å². The zero-order valence-corrected chi connectivity index (χ0v) is 8.68. The molecule has 14 heavy (non-hydrogen) atoms. The monoisotopic (exact) mass is 214 g/mol. The van der Waals surface area contributed by atoms with Crippen LogP contribution in [0.1, 0.15) is 15.9 Å². The van der Waals surface area contributed by atoms with Crippen LogP contribution in [-0.4, -0.2) is 13.0 Å². The number of nitrogen functional groups attached to an aromatic ring is 1. The van der Waals surface area contributed by atoms with E-state index in [0.29, 0.717) is 16.3 Å². The van der Waals surface area contributed by atoms with Gasteiger partial charge in [-0.2, -0.15) is 0 Å². The number of methoxy groups -OCH3 is 1. The topological polar surface area (TPSA) is 64.3 Å². The number of ether oxygens (including phenoxy) is 1. The largest absolute Gasteiger partial charge is 0.496 e. The number of hydrogen-bond donors (Lipinski definition) is 2. The smallest absolute Gasteiger partial charge is 0.268 e. The maximum atomic E-state index is 11.3. The van der Waals surface area contributed by atoms with Crippen molar-refractivity contribution < 1.29 is 9.53 Å². The molecule has 0 bridgehead atoms. The lowest BCUT2D eigenvalue weighted by Gasteiger charge is -2.09. The standard InChI is InChI=1S/C9H11ClN2O2/c1-5-3-8(14-2)6(4-7(5)10)9(13)12-11/h3-4H,11H2,1-2H3,(H,12,13). The van der Waals surface area contributed by atoms with Crippen molar-refractivity contribution in [1.29, 1.82) is 0 Å². The summed E-state index contributed by atoms with van der Waals surface area (Å²) in [5, 5.41) is 0.504. The summed E-state index contributed by atoms with van der Waals surface area (Å²) in [5.74, 6) is 5.04. The van der Waals surface area contributed by atoms with Crippen LogP contribution in [0, 0.1) is 6.92 Å². The van der Waals surface area contributed by atoms with Crippen LogP contribution in [0.25, 0.3) is 0 Å². The van der Waals surface area contributed by atoms with Crippen molar-refractivity contribution in [3.63, 3.8) is 0 Å². The number of nitrogens with one attached hydrogen (secondary N) is 1. The molecule has 4 nitrogen and oxygen atoms in total. The van der Waals surface area contributed by atoms with Crippen molar-refractivity contribution in [2.24, 2.45) is 5.84 Å². The van der Waals surface area contributed by atoms with Crippen molar-refractivity contribution in [3.8, 4) is 5.75 Å². The third-order valence-electron chi connectivity index (χ3n) is 1.86. The van der Waals surface area contributed by atoms with Gasteiger partial charge in [0.25, 0.3) is 5.91 Å². The fourth-order valence-electron chi connectivity index (χ4n) is 1.08. The van der Waals surface area contributed by atoms with E-state index in [-0.39, 0.29) is 0 Å². The van der Waals surface area contributed by atoms with Gasteiger partial charge in [0, 0.05) is 5.02 Å². The van der Waals surface area contributed by atoms with Crippen molar-refractivity contribution >= 4 is 17.5 Å². The predicted molar refractivity (Wildman–Crippen MR) is 54.4 cm³/mol. The lowest BCUT2D eigenvalue weighted by molar-refractivity contribution is 0.0950. The fraction of sp³-hybridized carbons (Fsp3) is 0.222. The van der Waals surface area contributed by atoms with E-state index in [1.165, 1.54) is 13.2 Å². The Hall–Kier alpha value is -1.26. The molecule has 1 aromatic rings. The lowest BCUT2D eigenvalue weighted by atomic mass is 10.1. The van der Waals surface area contributed by atoms with E-state index in [9.17, 15) is 4.79 Å². The van der Waals surface area contributed by atoms with E-state index >= 15 is 0 Å². The summed E-state index contributed by atoms with van der Waals surface area (Å²) >= 11 is 5.87. The minimum Gasteiger partial charge on any atom is -0.496 e. The molecule has 0 heterocycles. The number of hydrogen-bond acceptors (Lipinski definition) is 3. The summed E-state index contributed by atoms with van der Waals surface area (Å²) in [6.45, 7) is 1.83. The van der Waals surface area contributed by atoms with Crippen LogP contribution in [0.15, 0.2) is 12.1 Å². The molecule has 0 unspecified atom stereocenters. The average molecular weight is 215 g/mol. The Morgan fingerprint density at radius 2 is 2.21 bits per heavy atom. The number of halogens is 1. The third-order valence-corrected chi connectivity index (χ3v) is 2.26. The zero-order chi connectivity index (χ0) is 10.7. The van der Waals surface area contributed by atoms with Crippen LogP contribution >= 0.6 is 11.6 Å². The summed E-state index contributed by atoms with van der Waals surface area (Å²) < 4.78 is 5.03. The Morgan fingerprint density at radius 1 is 1.57 bits per heavy atom. The summed E-state index contributed by atoms with van der Waals surface area (Å²) in [6.07, 6.45) is 0. The highest BCUT2D eigenvalue weighted by molar-refractivity contribution is 6.31. The summed E-state index contributed by atoms with van der Waals surface area (Å²) in [5.41, 5.74) is 3.19. The molecule has 0 aliphatic rings. The van der Waals surface area contributed by atoms with Gasteiger partial charge in [-0.15, -0.1) is 0 Å². The summed E-state index contributed by atoms with van der Waals surface area (Å²) in [7, 11) is 1.48.